The number of nitro benzene ring substituents is 1. The lowest BCUT2D eigenvalue weighted by Crippen LogP contribution is -2.27. The second-order valence-corrected chi connectivity index (χ2v) is 8.60. The van der Waals surface area contributed by atoms with Crippen LogP contribution >= 0.6 is 24.0 Å². The van der Waals surface area contributed by atoms with Gasteiger partial charge in [0.1, 0.15) is 17.3 Å². The van der Waals surface area contributed by atoms with Crippen LogP contribution in [0.1, 0.15) is 18.2 Å². The zero-order valence-electron chi connectivity index (χ0n) is 17.2. The molecule has 162 valence electrons. The SMILES string of the molecule is CCOc1ccc(N2C(=O)/C(=C\c3ccc(-c4ccc(C)cc4[N+](=O)[O-])o3)SC2=S)cc1. The summed E-state index contributed by atoms with van der Waals surface area (Å²) < 4.78 is 11.7. The first-order valence-corrected chi connectivity index (χ1v) is 11.0. The number of nitrogens with zero attached hydrogens (tertiary/aromatic N) is 2. The van der Waals surface area contributed by atoms with E-state index in [0.29, 0.717) is 44.4 Å². The normalized spacial score (nSPS) is 14.9. The molecule has 1 fully saturated rings. The molecule has 0 radical (unpaired) electrons. The van der Waals surface area contributed by atoms with Gasteiger partial charge in [-0.05, 0) is 61.9 Å². The summed E-state index contributed by atoms with van der Waals surface area (Å²) in [6, 6.07) is 15.4. The quantitative estimate of drug-likeness (QED) is 0.191. The van der Waals surface area contributed by atoms with Gasteiger partial charge in [0.25, 0.3) is 11.6 Å². The predicted molar refractivity (Wildman–Crippen MR) is 129 cm³/mol. The Bertz CT molecular complexity index is 1250. The molecule has 0 saturated carbocycles. The number of aryl methyl sites for hydroxylation is 1. The number of anilines is 1. The number of thioether (sulfide) groups is 1. The van der Waals surface area contributed by atoms with Crippen LogP contribution in [-0.4, -0.2) is 21.8 Å². The highest BCUT2D eigenvalue weighted by molar-refractivity contribution is 8.27. The minimum absolute atomic E-state index is 0.0345. The molecule has 0 bridgehead atoms. The lowest BCUT2D eigenvalue weighted by Gasteiger charge is -2.15. The van der Waals surface area contributed by atoms with Crippen LogP contribution in [0.3, 0.4) is 0 Å². The Morgan fingerprint density at radius 1 is 1.19 bits per heavy atom. The summed E-state index contributed by atoms with van der Waals surface area (Å²) in [6.07, 6.45) is 1.59. The fraction of sp³-hybridized carbons (Fsp3) is 0.130. The van der Waals surface area contributed by atoms with Gasteiger partial charge in [-0.2, -0.15) is 0 Å². The summed E-state index contributed by atoms with van der Waals surface area (Å²) in [5, 5.41) is 11.4. The predicted octanol–water partition coefficient (Wildman–Crippen LogP) is 5.97. The third-order valence-electron chi connectivity index (χ3n) is 4.72. The average molecular weight is 467 g/mol. The summed E-state index contributed by atoms with van der Waals surface area (Å²) in [6.45, 7) is 4.24. The monoisotopic (exact) mass is 466 g/mol. The van der Waals surface area contributed by atoms with Crippen molar-refractivity contribution in [1.82, 2.24) is 0 Å². The zero-order valence-corrected chi connectivity index (χ0v) is 18.9. The number of thiocarbonyl (C=S) groups is 1. The lowest BCUT2D eigenvalue weighted by molar-refractivity contribution is -0.384. The summed E-state index contributed by atoms with van der Waals surface area (Å²) in [4.78, 5) is 25.8. The first kappa shape index (κ1) is 21.8. The number of hydrogen-bond acceptors (Lipinski definition) is 7. The summed E-state index contributed by atoms with van der Waals surface area (Å²) >= 11 is 6.58. The van der Waals surface area contributed by atoms with Gasteiger partial charge in [-0.15, -0.1) is 0 Å². The van der Waals surface area contributed by atoms with Gasteiger partial charge < -0.3 is 9.15 Å². The van der Waals surface area contributed by atoms with Gasteiger partial charge in [-0.1, -0.05) is 30.0 Å². The third kappa shape index (κ3) is 4.30. The van der Waals surface area contributed by atoms with Gasteiger partial charge in [-0.3, -0.25) is 19.8 Å². The number of carbonyl (C=O) groups excluding carboxylic acids is 1. The van der Waals surface area contributed by atoms with E-state index in [-0.39, 0.29) is 11.6 Å². The topological polar surface area (TPSA) is 85.8 Å². The Morgan fingerprint density at radius 2 is 1.94 bits per heavy atom. The fourth-order valence-corrected chi connectivity index (χ4v) is 4.53. The van der Waals surface area contributed by atoms with Crippen molar-refractivity contribution in [3.63, 3.8) is 0 Å². The van der Waals surface area contributed by atoms with Crippen molar-refractivity contribution in [3.8, 4) is 17.1 Å². The van der Waals surface area contributed by atoms with Crippen molar-refractivity contribution in [2.24, 2.45) is 0 Å². The van der Waals surface area contributed by atoms with Crippen LogP contribution in [-0.2, 0) is 4.79 Å². The van der Waals surface area contributed by atoms with Gasteiger partial charge in [0, 0.05) is 12.1 Å². The van der Waals surface area contributed by atoms with Crippen molar-refractivity contribution >= 4 is 51.7 Å². The molecule has 2 aromatic carbocycles. The molecule has 1 aliphatic heterocycles. The lowest BCUT2D eigenvalue weighted by atomic mass is 10.1. The van der Waals surface area contributed by atoms with Gasteiger partial charge in [0.2, 0.25) is 0 Å². The highest BCUT2D eigenvalue weighted by Gasteiger charge is 2.33. The highest BCUT2D eigenvalue weighted by Crippen LogP contribution is 2.38. The molecule has 2 heterocycles. The van der Waals surface area contributed by atoms with E-state index < -0.39 is 4.92 Å². The molecule has 4 rings (SSSR count). The smallest absolute Gasteiger partial charge is 0.280 e. The maximum atomic E-state index is 13.0. The number of carbonyl (C=O) groups is 1. The van der Waals surface area contributed by atoms with Crippen molar-refractivity contribution in [1.29, 1.82) is 0 Å². The minimum Gasteiger partial charge on any atom is -0.494 e. The van der Waals surface area contributed by atoms with E-state index in [0.717, 1.165) is 5.56 Å². The number of benzene rings is 2. The van der Waals surface area contributed by atoms with Gasteiger partial charge in [0.15, 0.2) is 4.32 Å². The number of nitro groups is 1. The van der Waals surface area contributed by atoms with Gasteiger partial charge >= 0.3 is 0 Å². The van der Waals surface area contributed by atoms with Crippen LogP contribution in [0.2, 0.25) is 0 Å². The molecule has 0 spiro atoms. The number of hydrogen-bond donors (Lipinski definition) is 0. The molecule has 0 unspecified atom stereocenters. The van der Waals surface area contributed by atoms with Crippen LogP contribution in [0.15, 0.2) is 63.9 Å². The second-order valence-electron chi connectivity index (χ2n) is 6.92. The van der Waals surface area contributed by atoms with E-state index in [1.165, 1.54) is 22.7 Å². The van der Waals surface area contributed by atoms with E-state index in [2.05, 4.69) is 0 Å². The molecular weight excluding hydrogens is 448 g/mol. The van der Waals surface area contributed by atoms with Crippen LogP contribution in [0.5, 0.6) is 5.75 Å². The van der Waals surface area contributed by atoms with Crippen LogP contribution < -0.4 is 9.64 Å². The van der Waals surface area contributed by atoms with Crippen molar-refractivity contribution < 1.29 is 18.9 Å². The van der Waals surface area contributed by atoms with Crippen molar-refractivity contribution in [2.75, 3.05) is 11.5 Å². The Labute approximate surface area is 193 Å². The molecule has 32 heavy (non-hydrogen) atoms. The van der Waals surface area contributed by atoms with E-state index in [1.54, 1.807) is 61.5 Å². The van der Waals surface area contributed by atoms with Gasteiger partial charge in [0.05, 0.1) is 27.7 Å². The molecule has 1 aromatic heterocycles. The molecule has 1 aliphatic rings. The zero-order chi connectivity index (χ0) is 22.8. The molecule has 9 heteroatoms. The Balaban J connectivity index is 1.59. The summed E-state index contributed by atoms with van der Waals surface area (Å²) in [5.74, 6) is 1.21. The van der Waals surface area contributed by atoms with E-state index in [9.17, 15) is 14.9 Å². The van der Waals surface area contributed by atoms with E-state index >= 15 is 0 Å². The molecule has 7 nitrogen and oxygen atoms in total. The van der Waals surface area contributed by atoms with Crippen LogP contribution in [0, 0.1) is 17.0 Å². The van der Waals surface area contributed by atoms with Crippen molar-refractivity contribution in [3.05, 3.63) is 80.9 Å². The maximum Gasteiger partial charge on any atom is 0.280 e. The number of amides is 1. The third-order valence-corrected chi connectivity index (χ3v) is 6.02. The molecule has 0 aliphatic carbocycles. The molecular formula is C23H18N2O5S2. The first-order chi connectivity index (χ1) is 15.4. The number of furan rings is 1. The van der Waals surface area contributed by atoms with Crippen LogP contribution in [0.25, 0.3) is 17.4 Å². The summed E-state index contributed by atoms with van der Waals surface area (Å²) in [7, 11) is 0. The molecule has 1 amide bonds. The molecule has 3 aromatic rings. The fourth-order valence-electron chi connectivity index (χ4n) is 3.25. The molecule has 1 saturated heterocycles. The highest BCUT2D eigenvalue weighted by atomic mass is 32.2. The van der Waals surface area contributed by atoms with Crippen LogP contribution in [0.4, 0.5) is 11.4 Å². The molecule has 0 atom stereocenters. The number of rotatable bonds is 6. The first-order valence-electron chi connectivity index (χ1n) is 9.73. The van der Waals surface area contributed by atoms with Crippen molar-refractivity contribution in [2.45, 2.75) is 13.8 Å². The largest absolute Gasteiger partial charge is 0.494 e. The standard InChI is InChI=1S/C23H18N2O5S2/c1-3-29-16-7-5-15(6-8-16)24-22(26)21(32-23(24)31)13-17-9-11-20(30-17)18-10-4-14(2)12-19(18)25(27)28/h4-13H,3H2,1-2H3/b21-13+. The number of ether oxygens (including phenoxy) is 1. The molecule has 0 N–H and O–H groups in total. The van der Waals surface area contributed by atoms with E-state index in [4.69, 9.17) is 21.4 Å². The Morgan fingerprint density at radius 3 is 2.62 bits per heavy atom. The minimum atomic E-state index is -0.438. The summed E-state index contributed by atoms with van der Waals surface area (Å²) in [5.41, 5.74) is 1.77. The van der Waals surface area contributed by atoms with E-state index in [1.807, 2.05) is 6.92 Å². The second kappa shape index (κ2) is 8.97. The van der Waals surface area contributed by atoms with Gasteiger partial charge in [-0.25, -0.2) is 0 Å². The average Bonchev–Trinajstić information content (AvgIpc) is 3.33. The Hall–Kier alpha value is -3.43. The maximum absolute atomic E-state index is 13.0. The Kier molecular flexibility index (Phi) is 6.11.